The molecule has 1 N–H and O–H groups in total. The molecule has 4 rings (SSSR count). The minimum atomic E-state index is -0.263. The number of aromatic nitrogens is 4. The van der Waals surface area contributed by atoms with Crippen LogP contribution in [0.15, 0.2) is 18.2 Å². The van der Waals surface area contributed by atoms with E-state index in [1.54, 1.807) is 22.9 Å². The van der Waals surface area contributed by atoms with Crippen molar-refractivity contribution in [1.29, 1.82) is 0 Å². The lowest BCUT2D eigenvalue weighted by Gasteiger charge is -2.09. The number of ether oxygens (including phenoxy) is 1. The Bertz CT molecular complexity index is 1020. The third-order valence-corrected chi connectivity index (χ3v) is 4.41. The number of hydrogen-bond acceptors (Lipinski definition) is 5. The van der Waals surface area contributed by atoms with Gasteiger partial charge in [0.25, 0.3) is 5.91 Å². The molecule has 3 aromatic rings. The van der Waals surface area contributed by atoms with E-state index in [0.29, 0.717) is 48.2 Å². The second-order valence-corrected chi connectivity index (χ2v) is 6.23. The molecular formula is C18H19N5O3. The zero-order valence-electron chi connectivity index (χ0n) is 14.7. The summed E-state index contributed by atoms with van der Waals surface area (Å²) in [6.45, 7) is 5.62. The van der Waals surface area contributed by atoms with Gasteiger partial charge in [-0.3, -0.25) is 19.6 Å². The van der Waals surface area contributed by atoms with Crippen LogP contribution in [0.3, 0.4) is 0 Å². The van der Waals surface area contributed by atoms with Gasteiger partial charge in [-0.15, -0.1) is 0 Å². The molecule has 0 atom stereocenters. The van der Waals surface area contributed by atoms with Crippen LogP contribution in [0.1, 0.15) is 39.9 Å². The molecule has 0 aliphatic carbocycles. The molecule has 1 aliphatic heterocycles. The third-order valence-electron chi connectivity index (χ3n) is 4.41. The quantitative estimate of drug-likeness (QED) is 0.727. The number of nitrogens with zero attached hydrogens (tertiary/aromatic N) is 4. The van der Waals surface area contributed by atoms with Gasteiger partial charge < -0.3 is 9.30 Å². The van der Waals surface area contributed by atoms with E-state index in [9.17, 15) is 9.59 Å². The number of anilines is 1. The number of carbonyl (C=O) groups excluding carboxylic acids is 2. The van der Waals surface area contributed by atoms with Gasteiger partial charge in [-0.05, 0) is 38.5 Å². The van der Waals surface area contributed by atoms with Crippen LogP contribution < -0.4 is 10.1 Å². The van der Waals surface area contributed by atoms with Gasteiger partial charge in [-0.1, -0.05) is 0 Å². The van der Waals surface area contributed by atoms with E-state index in [0.717, 1.165) is 23.9 Å². The monoisotopic (exact) mass is 353 g/mol. The van der Waals surface area contributed by atoms with Crippen molar-refractivity contribution in [3.63, 3.8) is 0 Å². The Morgan fingerprint density at radius 2 is 2.23 bits per heavy atom. The lowest BCUT2D eigenvalue weighted by molar-refractivity contribution is 0.101. The molecule has 0 radical (unpaired) electrons. The summed E-state index contributed by atoms with van der Waals surface area (Å²) in [6, 6.07) is 5.16. The van der Waals surface area contributed by atoms with Crippen LogP contribution in [0.2, 0.25) is 0 Å². The maximum absolute atomic E-state index is 12.8. The first-order valence-corrected chi connectivity index (χ1v) is 8.58. The summed E-state index contributed by atoms with van der Waals surface area (Å²) in [5.41, 5.74) is 3.19. The molecule has 2 aromatic heterocycles. The molecule has 0 bridgehead atoms. The van der Waals surface area contributed by atoms with E-state index in [1.165, 1.54) is 0 Å². The van der Waals surface area contributed by atoms with Gasteiger partial charge in [-0.25, -0.2) is 4.98 Å². The Morgan fingerprint density at radius 3 is 3.00 bits per heavy atom. The molecule has 0 saturated heterocycles. The van der Waals surface area contributed by atoms with Crippen molar-refractivity contribution < 1.29 is 14.3 Å². The van der Waals surface area contributed by atoms with E-state index in [2.05, 4.69) is 15.4 Å². The molecule has 0 saturated carbocycles. The highest BCUT2D eigenvalue weighted by Gasteiger charge is 2.22. The Balaban J connectivity index is 1.78. The minimum Gasteiger partial charge on any atom is -0.491 e. The molecule has 1 aliphatic rings. The minimum absolute atomic E-state index is 0.263. The number of hydrogen-bond donors (Lipinski definition) is 1. The Hall–Kier alpha value is -3.16. The molecule has 8 heteroatoms. The molecule has 0 spiro atoms. The predicted octanol–water partition coefficient (Wildman–Crippen LogP) is 2.41. The van der Waals surface area contributed by atoms with Crippen LogP contribution in [-0.2, 0) is 13.1 Å². The molecule has 26 heavy (non-hydrogen) atoms. The maximum atomic E-state index is 12.8. The van der Waals surface area contributed by atoms with Crippen molar-refractivity contribution in [3.05, 3.63) is 35.2 Å². The summed E-state index contributed by atoms with van der Waals surface area (Å²) in [4.78, 5) is 28.5. The van der Waals surface area contributed by atoms with Crippen molar-refractivity contribution in [3.8, 4) is 5.75 Å². The normalized spacial score (nSPS) is 13.3. The molecule has 1 aromatic carbocycles. The Kier molecular flexibility index (Phi) is 3.95. The number of imidazole rings is 1. The van der Waals surface area contributed by atoms with Gasteiger partial charge in [0.1, 0.15) is 23.2 Å². The highest BCUT2D eigenvalue weighted by molar-refractivity contribution is 6.03. The van der Waals surface area contributed by atoms with E-state index >= 15 is 0 Å². The van der Waals surface area contributed by atoms with Gasteiger partial charge in [0.15, 0.2) is 0 Å². The van der Waals surface area contributed by atoms with Crippen molar-refractivity contribution in [2.24, 2.45) is 0 Å². The molecule has 1 amide bonds. The van der Waals surface area contributed by atoms with Gasteiger partial charge in [-0.2, -0.15) is 5.10 Å². The van der Waals surface area contributed by atoms with Crippen molar-refractivity contribution in [2.45, 2.75) is 33.4 Å². The van der Waals surface area contributed by atoms with Crippen LogP contribution in [0, 0.1) is 6.92 Å². The van der Waals surface area contributed by atoms with Crippen LogP contribution in [0.5, 0.6) is 5.75 Å². The summed E-state index contributed by atoms with van der Waals surface area (Å²) in [7, 11) is 0. The number of nitrogens with one attached hydrogen (secondary N) is 1. The molecule has 8 nitrogen and oxygen atoms in total. The van der Waals surface area contributed by atoms with E-state index in [4.69, 9.17) is 4.74 Å². The number of aldehydes is 1. The SMILES string of the molecule is CCn1nc(C)cc1C(=O)Nc1nc2cc(C=O)cc3c2n1CCCO3. The summed E-state index contributed by atoms with van der Waals surface area (Å²) < 4.78 is 9.35. The average molecular weight is 353 g/mol. The van der Waals surface area contributed by atoms with Crippen LogP contribution in [-0.4, -0.2) is 38.1 Å². The fourth-order valence-electron chi connectivity index (χ4n) is 3.28. The first-order chi connectivity index (χ1) is 12.6. The molecular weight excluding hydrogens is 334 g/mol. The van der Waals surface area contributed by atoms with Gasteiger partial charge in [0, 0.05) is 18.7 Å². The zero-order chi connectivity index (χ0) is 18.3. The third kappa shape index (κ3) is 2.63. The number of carbonyl (C=O) groups is 2. The highest BCUT2D eigenvalue weighted by Crippen LogP contribution is 2.32. The summed E-state index contributed by atoms with van der Waals surface area (Å²) >= 11 is 0. The lowest BCUT2D eigenvalue weighted by Crippen LogP contribution is -2.20. The van der Waals surface area contributed by atoms with Gasteiger partial charge >= 0.3 is 0 Å². The largest absolute Gasteiger partial charge is 0.491 e. The standard InChI is InChI=1S/C18H19N5O3/c1-3-23-14(7-11(2)21-23)17(25)20-18-19-13-8-12(10-24)9-15-16(13)22(18)5-4-6-26-15/h7-10H,3-6H2,1-2H3,(H,19,20,25). The maximum Gasteiger partial charge on any atom is 0.276 e. The van der Waals surface area contributed by atoms with Crippen LogP contribution >= 0.6 is 0 Å². The van der Waals surface area contributed by atoms with Crippen molar-refractivity contribution in [1.82, 2.24) is 19.3 Å². The Morgan fingerprint density at radius 1 is 1.38 bits per heavy atom. The molecule has 3 heterocycles. The highest BCUT2D eigenvalue weighted by atomic mass is 16.5. The zero-order valence-corrected chi connectivity index (χ0v) is 14.7. The average Bonchev–Trinajstić information content (AvgIpc) is 3.09. The van der Waals surface area contributed by atoms with E-state index in [-0.39, 0.29) is 5.91 Å². The first-order valence-electron chi connectivity index (χ1n) is 8.58. The second-order valence-electron chi connectivity index (χ2n) is 6.23. The Labute approximate surface area is 149 Å². The van der Waals surface area contributed by atoms with Gasteiger partial charge in [0.05, 0.1) is 17.8 Å². The fraction of sp³-hybridized carbons (Fsp3) is 0.333. The molecule has 0 fully saturated rings. The lowest BCUT2D eigenvalue weighted by atomic mass is 10.2. The summed E-state index contributed by atoms with van der Waals surface area (Å²) in [5, 5.41) is 7.20. The molecule has 134 valence electrons. The summed E-state index contributed by atoms with van der Waals surface area (Å²) in [5.74, 6) is 0.798. The first kappa shape index (κ1) is 16.3. The van der Waals surface area contributed by atoms with Crippen LogP contribution in [0.4, 0.5) is 5.95 Å². The number of amides is 1. The van der Waals surface area contributed by atoms with Gasteiger partial charge in [0.2, 0.25) is 5.95 Å². The van der Waals surface area contributed by atoms with E-state index in [1.807, 2.05) is 18.4 Å². The number of rotatable bonds is 4. The van der Waals surface area contributed by atoms with Crippen molar-refractivity contribution >= 4 is 29.2 Å². The topological polar surface area (TPSA) is 91.0 Å². The summed E-state index contributed by atoms with van der Waals surface area (Å²) in [6.07, 6.45) is 1.55. The van der Waals surface area contributed by atoms with E-state index < -0.39 is 0 Å². The molecule has 0 unspecified atom stereocenters. The van der Waals surface area contributed by atoms with Crippen molar-refractivity contribution in [2.75, 3.05) is 11.9 Å². The smallest absolute Gasteiger partial charge is 0.276 e. The number of aryl methyl sites for hydroxylation is 3. The predicted molar refractivity (Wildman–Crippen MR) is 95.8 cm³/mol. The number of benzene rings is 1. The second kappa shape index (κ2) is 6.29. The fourth-order valence-corrected chi connectivity index (χ4v) is 3.28. The van der Waals surface area contributed by atoms with Crippen LogP contribution in [0.25, 0.3) is 11.0 Å².